The fraction of sp³-hybridized carbons (Fsp3) is 0.500. The van der Waals surface area contributed by atoms with Gasteiger partial charge in [0.05, 0.1) is 0 Å². The predicted octanol–water partition coefficient (Wildman–Crippen LogP) is 2.41. The lowest BCUT2D eigenvalue weighted by molar-refractivity contribution is 0.153. The molecule has 0 spiro atoms. The summed E-state index contributed by atoms with van der Waals surface area (Å²) >= 11 is 3.45. The Morgan fingerprint density at radius 2 is 1.93 bits per heavy atom. The molecule has 1 N–H and O–H groups in total. The molecule has 1 aromatic rings. The van der Waals surface area contributed by atoms with Crippen LogP contribution in [-0.4, -0.2) is 31.1 Å². The Bertz CT molecular complexity index is 317. The van der Waals surface area contributed by atoms with Crippen LogP contribution in [0.2, 0.25) is 0 Å². The van der Waals surface area contributed by atoms with Gasteiger partial charge in [-0.1, -0.05) is 28.1 Å². The number of likely N-dealkylation sites (N-methyl/N-ethyl adjacent to an activating group) is 1. The van der Waals surface area contributed by atoms with Gasteiger partial charge in [-0.25, -0.2) is 0 Å². The van der Waals surface area contributed by atoms with E-state index in [1.54, 1.807) is 0 Å². The minimum absolute atomic E-state index is 0.441. The Balaban J connectivity index is 1.90. The van der Waals surface area contributed by atoms with E-state index in [2.05, 4.69) is 64.4 Å². The average Bonchev–Trinajstić information content (AvgIpc) is 2.16. The fourth-order valence-corrected chi connectivity index (χ4v) is 2.27. The molecule has 1 saturated heterocycles. The molecule has 3 heteroatoms. The SMILES string of the molecule is CC(NC1CN(C)C1)c1ccc(Br)cc1. The molecule has 0 bridgehead atoms. The first-order valence-corrected chi connectivity index (χ1v) is 6.14. The number of halogens is 1. The van der Waals surface area contributed by atoms with Gasteiger partial charge in [-0.05, 0) is 31.7 Å². The van der Waals surface area contributed by atoms with Crippen LogP contribution in [0.25, 0.3) is 0 Å². The molecule has 0 aliphatic carbocycles. The number of benzene rings is 1. The van der Waals surface area contributed by atoms with Crippen molar-refractivity contribution in [3.63, 3.8) is 0 Å². The predicted molar refractivity (Wildman–Crippen MR) is 67.0 cm³/mol. The summed E-state index contributed by atoms with van der Waals surface area (Å²) in [5.74, 6) is 0. The maximum atomic E-state index is 3.63. The summed E-state index contributed by atoms with van der Waals surface area (Å²) < 4.78 is 1.14. The smallest absolute Gasteiger partial charge is 0.0327 e. The van der Waals surface area contributed by atoms with E-state index in [9.17, 15) is 0 Å². The van der Waals surface area contributed by atoms with Crippen LogP contribution in [0, 0.1) is 0 Å². The van der Waals surface area contributed by atoms with Crippen LogP contribution >= 0.6 is 15.9 Å². The lowest BCUT2D eigenvalue weighted by Crippen LogP contribution is -2.56. The molecule has 0 radical (unpaired) electrons. The second-order valence-electron chi connectivity index (χ2n) is 4.36. The highest BCUT2D eigenvalue weighted by molar-refractivity contribution is 9.10. The molecular formula is C12H17BrN2. The molecule has 82 valence electrons. The maximum absolute atomic E-state index is 3.63. The Hall–Kier alpha value is -0.380. The summed E-state index contributed by atoms with van der Waals surface area (Å²) in [4.78, 5) is 2.33. The first-order valence-electron chi connectivity index (χ1n) is 5.35. The Labute approximate surface area is 99.8 Å². The zero-order valence-electron chi connectivity index (χ0n) is 9.20. The van der Waals surface area contributed by atoms with Gasteiger partial charge in [0.2, 0.25) is 0 Å². The van der Waals surface area contributed by atoms with Crippen LogP contribution in [-0.2, 0) is 0 Å². The lowest BCUT2D eigenvalue weighted by atomic mass is 10.0. The van der Waals surface area contributed by atoms with Gasteiger partial charge in [0, 0.05) is 29.6 Å². The number of hydrogen-bond donors (Lipinski definition) is 1. The molecule has 2 nitrogen and oxygen atoms in total. The maximum Gasteiger partial charge on any atom is 0.0327 e. The highest BCUT2D eigenvalue weighted by atomic mass is 79.9. The first kappa shape index (κ1) is 11.1. The van der Waals surface area contributed by atoms with E-state index in [-0.39, 0.29) is 0 Å². The van der Waals surface area contributed by atoms with Gasteiger partial charge in [-0.15, -0.1) is 0 Å². The van der Waals surface area contributed by atoms with Crippen molar-refractivity contribution in [2.75, 3.05) is 20.1 Å². The molecular weight excluding hydrogens is 252 g/mol. The van der Waals surface area contributed by atoms with Crippen molar-refractivity contribution in [3.05, 3.63) is 34.3 Å². The Morgan fingerprint density at radius 3 is 2.47 bits per heavy atom. The van der Waals surface area contributed by atoms with Gasteiger partial charge in [0.15, 0.2) is 0 Å². The average molecular weight is 269 g/mol. The molecule has 1 heterocycles. The zero-order chi connectivity index (χ0) is 10.8. The first-order chi connectivity index (χ1) is 7.15. The molecule has 1 aliphatic heterocycles. The monoisotopic (exact) mass is 268 g/mol. The second kappa shape index (κ2) is 4.64. The van der Waals surface area contributed by atoms with Gasteiger partial charge < -0.3 is 10.2 Å². The minimum atomic E-state index is 0.441. The topological polar surface area (TPSA) is 15.3 Å². The van der Waals surface area contributed by atoms with Crippen molar-refractivity contribution in [2.24, 2.45) is 0 Å². The summed E-state index contributed by atoms with van der Waals surface area (Å²) in [6, 6.07) is 9.64. The van der Waals surface area contributed by atoms with Crippen LogP contribution in [0.1, 0.15) is 18.5 Å². The van der Waals surface area contributed by atoms with E-state index in [0.29, 0.717) is 12.1 Å². The summed E-state index contributed by atoms with van der Waals surface area (Å²) in [5.41, 5.74) is 1.35. The fourth-order valence-electron chi connectivity index (χ4n) is 2.01. The molecule has 0 aromatic heterocycles. The molecule has 1 aliphatic rings. The van der Waals surface area contributed by atoms with Gasteiger partial charge in [-0.3, -0.25) is 0 Å². The van der Waals surface area contributed by atoms with Crippen molar-refractivity contribution in [2.45, 2.75) is 19.0 Å². The summed E-state index contributed by atoms with van der Waals surface area (Å²) in [5, 5.41) is 3.63. The zero-order valence-corrected chi connectivity index (χ0v) is 10.8. The quantitative estimate of drug-likeness (QED) is 0.906. The van der Waals surface area contributed by atoms with E-state index in [4.69, 9.17) is 0 Å². The number of nitrogens with one attached hydrogen (secondary N) is 1. The molecule has 2 rings (SSSR count). The summed E-state index contributed by atoms with van der Waals surface area (Å²) in [7, 11) is 2.16. The van der Waals surface area contributed by atoms with Gasteiger partial charge in [-0.2, -0.15) is 0 Å². The van der Waals surface area contributed by atoms with Crippen LogP contribution in [0.3, 0.4) is 0 Å². The van der Waals surface area contributed by atoms with E-state index in [0.717, 1.165) is 4.47 Å². The number of hydrogen-bond acceptors (Lipinski definition) is 2. The van der Waals surface area contributed by atoms with E-state index < -0.39 is 0 Å². The third kappa shape index (κ3) is 2.80. The molecule has 1 aromatic carbocycles. The van der Waals surface area contributed by atoms with Crippen molar-refractivity contribution in [1.82, 2.24) is 10.2 Å². The highest BCUT2D eigenvalue weighted by Crippen LogP contribution is 2.18. The standard InChI is InChI=1S/C12H17BrN2/c1-9(14-12-7-15(2)8-12)10-3-5-11(13)6-4-10/h3-6,9,12,14H,7-8H2,1-2H3. The van der Waals surface area contributed by atoms with Gasteiger partial charge in [0.25, 0.3) is 0 Å². The molecule has 0 saturated carbocycles. The van der Waals surface area contributed by atoms with Crippen LogP contribution in [0.5, 0.6) is 0 Å². The van der Waals surface area contributed by atoms with Crippen molar-refractivity contribution < 1.29 is 0 Å². The Morgan fingerprint density at radius 1 is 1.33 bits per heavy atom. The van der Waals surface area contributed by atoms with Gasteiger partial charge in [0.1, 0.15) is 0 Å². The lowest BCUT2D eigenvalue weighted by Gasteiger charge is -2.38. The second-order valence-corrected chi connectivity index (χ2v) is 5.27. The molecule has 1 atom stereocenters. The van der Waals surface area contributed by atoms with E-state index >= 15 is 0 Å². The largest absolute Gasteiger partial charge is 0.305 e. The third-order valence-electron chi connectivity index (χ3n) is 2.92. The summed E-state index contributed by atoms with van der Waals surface area (Å²) in [6.45, 7) is 4.56. The normalized spacial score (nSPS) is 19.9. The van der Waals surface area contributed by atoms with Gasteiger partial charge >= 0.3 is 0 Å². The van der Waals surface area contributed by atoms with E-state index in [1.165, 1.54) is 18.7 Å². The third-order valence-corrected chi connectivity index (χ3v) is 3.45. The highest BCUT2D eigenvalue weighted by Gasteiger charge is 2.24. The van der Waals surface area contributed by atoms with Crippen LogP contribution < -0.4 is 5.32 Å². The van der Waals surface area contributed by atoms with Crippen molar-refractivity contribution in [1.29, 1.82) is 0 Å². The minimum Gasteiger partial charge on any atom is -0.305 e. The number of rotatable bonds is 3. The van der Waals surface area contributed by atoms with Crippen LogP contribution in [0.4, 0.5) is 0 Å². The molecule has 1 fully saturated rings. The molecule has 0 amide bonds. The van der Waals surface area contributed by atoms with Crippen LogP contribution in [0.15, 0.2) is 28.7 Å². The van der Waals surface area contributed by atoms with E-state index in [1.807, 2.05) is 0 Å². The molecule has 1 unspecified atom stereocenters. The number of likely N-dealkylation sites (tertiary alicyclic amines) is 1. The Kier molecular flexibility index (Phi) is 3.44. The van der Waals surface area contributed by atoms with Crippen molar-refractivity contribution in [3.8, 4) is 0 Å². The summed E-state index contributed by atoms with van der Waals surface area (Å²) in [6.07, 6.45) is 0. The number of nitrogens with zero attached hydrogens (tertiary/aromatic N) is 1. The van der Waals surface area contributed by atoms with Crippen molar-refractivity contribution >= 4 is 15.9 Å². The molecule has 15 heavy (non-hydrogen) atoms.